The molecule has 0 atom stereocenters. The summed E-state index contributed by atoms with van der Waals surface area (Å²) >= 11 is 11.5. The van der Waals surface area contributed by atoms with E-state index < -0.39 is 0 Å². The van der Waals surface area contributed by atoms with E-state index in [2.05, 4.69) is 9.88 Å². The molecule has 1 saturated heterocycles. The van der Waals surface area contributed by atoms with Crippen molar-refractivity contribution in [3.8, 4) is 11.4 Å². The predicted molar refractivity (Wildman–Crippen MR) is 141 cm³/mol. The first kappa shape index (κ1) is 23.1. The van der Waals surface area contributed by atoms with Crippen molar-refractivity contribution in [2.45, 2.75) is 0 Å². The molecule has 0 aliphatic carbocycles. The Labute approximate surface area is 212 Å². The first-order chi connectivity index (χ1) is 17.0. The molecule has 0 radical (unpaired) electrons. The van der Waals surface area contributed by atoms with Crippen LogP contribution >= 0.6 is 23.8 Å². The number of methoxy groups -OCH3 is 1. The van der Waals surface area contributed by atoms with Crippen LogP contribution in [-0.2, 0) is 0 Å². The van der Waals surface area contributed by atoms with Gasteiger partial charge in [-0.25, -0.2) is 0 Å². The van der Waals surface area contributed by atoms with Gasteiger partial charge in [0.25, 0.3) is 11.5 Å². The molecule has 7 nitrogen and oxygen atoms in total. The van der Waals surface area contributed by atoms with Crippen LogP contribution in [0.4, 0.5) is 5.69 Å². The zero-order valence-corrected chi connectivity index (χ0v) is 20.6. The van der Waals surface area contributed by atoms with Crippen LogP contribution in [0, 0.1) is 4.77 Å². The number of H-pyrrole nitrogens is 1. The summed E-state index contributed by atoms with van der Waals surface area (Å²) < 4.78 is 7.12. The summed E-state index contributed by atoms with van der Waals surface area (Å²) in [6.45, 7) is 2.56. The molecular weight excluding hydrogens is 484 g/mol. The molecule has 9 heteroatoms. The van der Waals surface area contributed by atoms with Crippen molar-refractivity contribution in [1.82, 2.24) is 14.5 Å². The molecule has 178 valence electrons. The minimum absolute atomic E-state index is 0.0814. The second-order valence-corrected chi connectivity index (χ2v) is 9.09. The summed E-state index contributed by atoms with van der Waals surface area (Å²) in [5.74, 6) is 0.738. The van der Waals surface area contributed by atoms with Gasteiger partial charge in [-0.1, -0.05) is 29.8 Å². The third-order valence-corrected chi connectivity index (χ3v) is 6.72. The lowest BCUT2D eigenvalue weighted by Gasteiger charge is -2.36. The van der Waals surface area contributed by atoms with Crippen molar-refractivity contribution in [1.29, 1.82) is 0 Å². The fraction of sp³-hybridized carbons (Fsp3) is 0.192. The molecular formula is C26H23ClN4O3S. The Morgan fingerprint density at radius 2 is 1.77 bits per heavy atom. The maximum absolute atomic E-state index is 13.3. The van der Waals surface area contributed by atoms with Gasteiger partial charge < -0.3 is 19.5 Å². The quantitative estimate of drug-likeness (QED) is 0.407. The van der Waals surface area contributed by atoms with Crippen LogP contribution in [-0.4, -0.2) is 53.6 Å². The number of nitrogens with zero attached hydrogens (tertiary/aromatic N) is 3. The Morgan fingerprint density at radius 1 is 1.00 bits per heavy atom. The molecule has 1 aromatic heterocycles. The number of fused-ring (bicyclic) bond motifs is 1. The third kappa shape index (κ3) is 4.42. The van der Waals surface area contributed by atoms with E-state index in [-0.39, 0.29) is 16.2 Å². The molecule has 35 heavy (non-hydrogen) atoms. The van der Waals surface area contributed by atoms with Gasteiger partial charge in [0.15, 0.2) is 4.77 Å². The summed E-state index contributed by atoms with van der Waals surface area (Å²) in [7, 11) is 1.66. The Morgan fingerprint density at radius 3 is 2.54 bits per heavy atom. The number of nitrogens with one attached hydrogen (secondary N) is 1. The number of anilines is 1. The molecule has 4 aromatic rings. The van der Waals surface area contributed by atoms with Crippen LogP contribution in [0.3, 0.4) is 0 Å². The van der Waals surface area contributed by atoms with Crippen LogP contribution in [0.2, 0.25) is 5.02 Å². The van der Waals surface area contributed by atoms with Gasteiger partial charge in [-0.3, -0.25) is 14.2 Å². The number of benzene rings is 3. The number of hydrogen-bond acceptors (Lipinski definition) is 5. The van der Waals surface area contributed by atoms with E-state index in [4.69, 9.17) is 28.6 Å². The van der Waals surface area contributed by atoms with Gasteiger partial charge in [-0.05, 0) is 60.7 Å². The Balaban J connectivity index is 1.39. The lowest BCUT2D eigenvalue weighted by molar-refractivity contribution is 0.0746. The SMILES string of the molecule is COc1ccccc1N1CCN(C(=O)c2cccc(-n3c(=S)[nH]c4cc(Cl)ccc4c3=O)c2)CC1. The highest BCUT2D eigenvalue weighted by Crippen LogP contribution is 2.28. The van der Waals surface area contributed by atoms with E-state index in [1.165, 1.54) is 4.57 Å². The minimum atomic E-state index is -0.268. The van der Waals surface area contributed by atoms with Gasteiger partial charge in [0.2, 0.25) is 0 Å². The number of rotatable bonds is 4. The molecule has 1 amide bonds. The number of para-hydroxylation sites is 2. The van der Waals surface area contributed by atoms with Crippen molar-refractivity contribution in [3.05, 3.63) is 92.4 Å². The molecule has 0 bridgehead atoms. The second kappa shape index (κ2) is 9.56. The van der Waals surface area contributed by atoms with E-state index in [0.717, 1.165) is 11.4 Å². The van der Waals surface area contributed by atoms with Crippen molar-refractivity contribution in [2.24, 2.45) is 0 Å². The number of amides is 1. The average molecular weight is 507 g/mol. The fourth-order valence-corrected chi connectivity index (χ4v) is 4.90. The maximum atomic E-state index is 13.3. The zero-order valence-electron chi connectivity index (χ0n) is 19.0. The third-order valence-electron chi connectivity index (χ3n) is 6.20. The van der Waals surface area contributed by atoms with Gasteiger partial charge >= 0.3 is 0 Å². The standard InChI is InChI=1S/C26H23ClN4O3S/c1-34-23-8-3-2-7-22(23)29-11-13-30(14-12-29)24(32)17-5-4-6-19(15-17)31-25(33)20-10-9-18(27)16-21(20)28-26(31)35/h2-10,15-16H,11-14H2,1H3,(H,28,35). The second-order valence-electron chi connectivity index (χ2n) is 8.26. The lowest BCUT2D eigenvalue weighted by Crippen LogP contribution is -2.48. The highest BCUT2D eigenvalue weighted by molar-refractivity contribution is 7.71. The van der Waals surface area contributed by atoms with E-state index in [9.17, 15) is 9.59 Å². The van der Waals surface area contributed by atoms with Gasteiger partial charge in [-0.2, -0.15) is 0 Å². The van der Waals surface area contributed by atoms with Crippen LogP contribution < -0.4 is 15.2 Å². The predicted octanol–water partition coefficient (Wildman–Crippen LogP) is 4.67. The van der Waals surface area contributed by atoms with Gasteiger partial charge in [0.1, 0.15) is 5.75 Å². The van der Waals surface area contributed by atoms with Crippen molar-refractivity contribution < 1.29 is 9.53 Å². The van der Waals surface area contributed by atoms with Crippen LogP contribution in [0.1, 0.15) is 10.4 Å². The van der Waals surface area contributed by atoms with Crippen molar-refractivity contribution >= 4 is 46.3 Å². The molecule has 0 spiro atoms. The Hall–Kier alpha value is -3.62. The van der Waals surface area contributed by atoms with Gasteiger partial charge in [0, 0.05) is 36.8 Å². The first-order valence-electron chi connectivity index (χ1n) is 11.2. The summed E-state index contributed by atoms with van der Waals surface area (Å²) in [5.41, 5.74) is 2.37. The zero-order chi connectivity index (χ0) is 24.5. The van der Waals surface area contributed by atoms with Crippen LogP contribution in [0.5, 0.6) is 5.75 Å². The molecule has 1 aliphatic heterocycles. The molecule has 0 saturated carbocycles. The number of halogens is 1. The smallest absolute Gasteiger partial charge is 0.266 e. The summed E-state index contributed by atoms with van der Waals surface area (Å²) in [4.78, 5) is 33.6. The van der Waals surface area contributed by atoms with Crippen molar-refractivity contribution in [3.63, 3.8) is 0 Å². The monoisotopic (exact) mass is 506 g/mol. The van der Waals surface area contributed by atoms with Gasteiger partial charge in [-0.15, -0.1) is 0 Å². The maximum Gasteiger partial charge on any atom is 0.266 e. The number of aromatic amines is 1. The average Bonchev–Trinajstić information content (AvgIpc) is 2.88. The van der Waals surface area contributed by atoms with E-state index >= 15 is 0 Å². The van der Waals surface area contributed by atoms with Crippen LogP contribution in [0.25, 0.3) is 16.6 Å². The summed E-state index contributed by atoms with van der Waals surface area (Å²) in [5, 5.41) is 0.978. The highest BCUT2D eigenvalue weighted by Gasteiger charge is 2.24. The van der Waals surface area contributed by atoms with E-state index in [1.54, 1.807) is 49.6 Å². The Bertz CT molecular complexity index is 1540. The molecule has 3 aromatic carbocycles. The number of ether oxygens (including phenoxy) is 1. The number of piperazine rings is 1. The van der Waals surface area contributed by atoms with Crippen molar-refractivity contribution in [2.75, 3.05) is 38.2 Å². The molecule has 1 aliphatic rings. The number of carbonyl (C=O) groups excluding carboxylic acids is 1. The summed E-state index contributed by atoms with van der Waals surface area (Å²) in [6, 6.07) is 19.9. The largest absolute Gasteiger partial charge is 0.495 e. The molecule has 1 fully saturated rings. The highest BCUT2D eigenvalue weighted by atomic mass is 35.5. The Kier molecular flexibility index (Phi) is 6.32. The lowest BCUT2D eigenvalue weighted by atomic mass is 10.1. The fourth-order valence-electron chi connectivity index (χ4n) is 4.43. The minimum Gasteiger partial charge on any atom is -0.495 e. The number of carbonyl (C=O) groups is 1. The van der Waals surface area contributed by atoms with Gasteiger partial charge in [0.05, 0.1) is 29.4 Å². The number of aromatic nitrogens is 2. The van der Waals surface area contributed by atoms with E-state index in [0.29, 0.717) is 53.4 Å². The first-order valence-corrected chi connectivity index (χ1v) is 12.0. The normalized spacial score (nSPS) is 13.8. The molecule has 2 heterocycles. The summed E-state index contributed by atoms with van der Waals surface area (Å²) in [6.07, 6.45) is 0. The van der Waals surface area contributed by atoms with Crippen LogP contribution in [0.15, 0.2) is 71.5 Å². The topological polar surface area (TPSA) is 70.6 Å². The molecule has 5 rings (SSSR count). The number of hydrogen-bond donors (Lipinski definition) is 1. The molecule has 0 unspecified atom stereocenters. The molecule has 1 N–H and O–H groups in total. The van der Waals surface area contributed by atoms with E-state index in [1.807, 2.05) is 29.2 Å².